The monoisotopic (exact) mass is 387 g/mol. The van der Waals surface area contributed by atoms with Crippen molar-refractivity contribution in [3.05, 3.63) is 42.0 Å². The van der Waals surface area contributed by atoms with E-state index in [0.717, 1.165) is 17.9 Å². The molecule has 2 heterocycles. The fraction of sp³-hybridized carbons (Fsp3) is 0.500. The SMILES string of the molecule is O=C1[C@H]2[C@@H]3C(=CC[C@H]2C(=O)N1c1ccccc1)C1(CC[C@H]3O)SCCS1. The van der Waals surface area contributed by atoms with E-state index in [0.29, 0.717) is 18.5 Å². The smallest absolute Gasteiger partial charge is 0.238 e. The number of carbonyl (C=O) groups is 2. The first-order valence-corrected chi connectivity index (χ1v) is 11.2. The molecule has 1 aromatic carbocycles. The molecule has 1 saturated carbocycles. The van der Waals surface area contributed by atoms with Crippen LogP contribution in [0.5, 0.6) is 0 Å². The Bertz CT molecular complexity index is 788. The van der Waals surface area contributed by atoms with Gasteiger partial charge in [0.05, 0.1) is 27.7 Å². The van der Waals surface area contributed by atoms with Crippen LogP contribution >= 0.6 is 23.5 Å². The largest absolute Gasteiger partial charge is 0.392 e. The Morgan fingerprint density at radius 3 is 2.50 bits per heavy atom. The minimum Gasteiger partial charge on any atom is -0.392 e. The van der Waals surface area contributed by atoms with Gasteiger partial charge in [-0.25, -0.2) is 0 Å². The maximum absolute atomic E-state index is 13.3. The van der Waals surface area contributed by atoms with E-state index in [-0.39, 0.29) is 27.7 Å². The third kappa shape index (κ3) is 2.28. The van der Waals surface area contributed by atoms with Crippen LogP contribution < -0.4 is 4.90 Å². The first-order chi connectivity index (χ1) is 12.6. The van der Waals surface area contributed by atoms with Gasteiger partial charge in [0.25, 0.3) is 0 Å². The van der Waals surface area contributed by atoms with Crippen LogP contribution in [0, 0.1) is 17.8 Å². The summed E-state index contributed by atoms with van der Waals surface area (Å²) in [6.45, 7) is 0. The summed E-state index contributed by atoms with van der Waals surface area (Å²) in [6.07, 6.45) is 3.92. The van der Waals surface area contributed by atoms with Crippen LogP contribution in [0.25, 0.3) is 0 Å². The van der Waals surface area contributed by atoms with Gasteiger partial charge in [0, 0.05) is 17.4 Å². The van der Waals surface area contributed by atoms with Crippen molar-refractivity contribution in [1.82, 2.24) is 0 Å². The van der Waals surface area contributed by atoms with Crippen molar-refractivity contribution < 1.29 is 14.7 Å². The third-order valence-corrected chi connectivity index (χ3v) is 9.80. The number of rotatable bonds is 1. The maximum Gasteiger partial charge on any atom is 0.238 e. The number of nitrogens with zero attached hydrogens (tertiary/aromatic N) is 1. The number of para-hydroxylation sites is 1. The number of carbonyl (C=O) groups excluding carboxylic acids is 2. The third-order valence-electron chi connectivity index (χ3n) is 6.21. The van der Waals surface area contributed by atoms with Crippen molar-refractivity contribution in [1.29, 1.82) is 0 Å². The van der Waals surface area contributed by atoms with Crippen molar-refractivity contribution >= 4 is 41.0 Å². The fourth-order valence-electron chi connectivity index (χ4n) is 5.10. The Morgan fingerprint density at radius 1 is 1.04 bits per heavy atom. The van der Waals surface area contributed by atoms with Crippen LogP contribution in [0.3, 0.4) is 0 Å². The average molecular weight is 388 g/mol. The molecule has 6 heteroatoms. The Balaban J connectivity index is 1.55. The summed E-state index contributed by atoms with van der Waals surface area (Å²) >= 11 is 3.92. The van der Waals surface area contributed by atoms with E-state index < -0.39 is 12.0 Å². The standard InChI is InChI=1S/C20H21NO3S2/c22-15-8-9-20(25-10-11-26-20)14-7-6-13-16(17(14)15)19(24)21(18(13)23)12-4-2-1-3-5-12/h1-5,7,13,15-17,22H,6,8-11H2/t13-,15-,16-,17-/m1/s1. The molecule has 136 valence electrons. The van der Waals surface area contributed by atoms with Crippen molar-refractivity contribution in [2.24, 2.45) is 17.8 Å². The number of anilines is 1. The molecule has 1 aromatic rings. The van der Waals surface area contributed by atoms with E-state index in [9.17, 15) is 14.7 Å². The molecule has 1 spiro atoms. The quantitative estimate of drug-likeness (QED) is 0.593. The predicted octanol–water partition coefficient (Wildman–Crippen LogP) is 3.07. The molecule has 4 nitrogen and oxygen atoms in total. The second-order valence-corrected chi connectivity index (χ2v) is 10.5. The number of allylic oxidation sites excluding steroid dienone is 1. The van der Waals surface area contributed by atoms with Crippen LogP contribution in [-0.4, -0.2) is 38.6 Å². The van der Waals surface area contributed by atoms with Crippen LogP contribution in [0.15, 0.2) is 42.0 Å². The number of thioether (sulfide) groups is 2. The molecule has 2 aliphatic carbocycles. The van der Waals surface area contributed by atoms with Crippen LogP contribution in [0.4, 0.5) is 5.69 Å². The van der Waals surface area contributed by atoms with Gasteiger partial charge in [0.1, 0.15) is 0 Å². The molecule has 4 aliphatic rings. The lowest BCUT2D eigenvalue weighted by molar-refractivity contribution is -0.124. The topological polar surface area (TPSA) is 57.6 Å². The van der Waals surface area contributed by atoms with Crippen molar-refractivity contribution in [2.75, 3.05) is 16.4 Å². The van der Waals surface area contributed by atoms with Crippen molar-refractivity contribution in [3.8, 4) is 0 Å². The summed E-state index contributed by atoms with van der Waals surface area (Å²) in [6, 6.07) is 9.19. The minimum atomic E-state index is -0.533. The summed E-state index contributed by atoms with van der Waals surface area (Å²) in [5.41, 5.74) is 1.86. The first-order valence-electron chi connectivity index (χ1n) is 9.22. The van der Waals surface area contributed by atoms with Gasteiger partial charge in [-0.05, 0) is 37.0 Å². The molecule has 0 radical (unpaired) electrons. The van der Waals surface area contributed by atoms with E-state index in [2.05, 4.69) is 6.08 Å². The zero-order valence-electron chi connectivity index (χ0n) is 14.3. The van der Waals surface area contributed by atoms with Crippen molar-refractivity contribution in [2.45, 2.75) is 29.4 Å². The van der Waals surface area contributed by atoms with E-state index >= 15 is 0 Å². The lowest BCUT2D eigenvalue weighted by Crippen LogP contribution is -2.47. The summed E-state index contributed by atoms with van der Waals surface area (Å²) < 4.78 is 0.0123. The summed E-state index contributed by atoms with van der Waals surface area (Å²) in [5.74, 6) is 1.01. The zero-order chi connectivity index (χ0) is 17.9. The molecule has 3 fully saturated rings. The number of imide groups is 1. The van der Waals surface area contributed by atoms with Gasteiger partial charge in [0.15, 0.2) is 0 Å². The van der Waals surface area contributed by atoms with Crippen LogP contribution in [0.2, 0.25) is 0 Å². The highest BCUT2D eigenvalue weighted by Crippen LogP contribution is 2.61. The second kappa shape index (κ2) is 6.14. The van der Waals surface area contributed by atoms with Gasteiger partial charge in [-0.1, -0.05) is 24.3 Å². The highest BCUT2D eigenvalue weighted by Gasteiger charge is 2.59. The maximum atomic E-state index is 13.3. The van der Waals surface area contributed by atoms with Gasteiger partial charge in [-0.3, -0.25) is 14.5 Å². The summed E-state index contributed by atoms with van der Waals surface area (Å²) in [5, 5.41) is 10.8. The Labute approximate surface area is 161 Å². The number of fused-ring (bicyclic) bond motifs is 4. The molecule has 26 heavy (non-hydrogen) atoms. The molecule has 0 unspecified atom stereocenters. The summed E-state index contributed by atoms with van der Waals surface area (Å²) in [4.78, 5) is 27.7. The Morgan fingerprint density at radius 2 is 1.77 bits per heavy atom. The molecule has 2 saturated heterocycles. The molecular weight excluding hydrogens is 366 g/mol. The Hall–Kier alpha value is -1.24. The Kier molecular flexibility index (Phi) is 3.99. The molecule has 0 bridgehead atoms. The van der Waals surface area contributed by atoms with Crippen LogP contribution in [0.1, 0.15) is 19.3 Å². The molecular formula is C20H21NO3S2. The minimum absolute atomic E-state index is 0.0123. The normalized spacial score (nSPS) is 35.4. The lowest BCUT2D eigenvalue weighted by atomic mass is 9.66. The average Bonchev–Trinajstić information content (AvgIpc) is 3.23. The number of amides is 2. The van der Waals surface area contributed by atoms with Gasteiger partial charge < -0.3 is 5.11 Å². The van der Waals surface area contributed by atoms with Gasteiger partial charge in [0.2, 0.25) is 11.8 Å². The fourth-order valence-corrected chi connectivity index (χ4v) is 8.56. The van der Waals surface area contributed by atoms with E-state index in [4.69, 9.17) is 0 Å². The molecule has 4 atom stereocenters. The number of aliphatic hydroxyl groups excluding tert-OH is 1. The van der Waals surface area contributed by atoms with Gasteiger partial charge >= 0.3 is 0 Å². The number of benzene rings is 1. The number of hydrogen-bond donors (Lipinski definition) is 1. The van der Waals surface area contributed by atoms with E-state index in [1.165, 1.54) is 10.5 Å². The molecule has 5 rings (SSSR count). The molecule has 0 aromatic heterocycles. The predicted molar refractivity (Wildman–Crippen MR) is 105 cm³/mol. The lowest BCUT2D eigenvalue weighted by Gasteiger charge is -2.47. The number of hydrogen-bond acceptors (Lipinski definition) is 5. The zero-order valence-corrected chi connectivity index (χ0v) is 16.0. The van der Waals surface area contributed by atoms with Gasteiger partial charge in [-0.15, -0.1) is 23.5 Å². The van der Waals surface area contributed by atoms with E-state index in [1.807, 2.05) is 53.9 Å². The molecule has 1 N–H and O–H groups in total. The molecule has 2 amide bonds. The number of aliphatic hydroxyl groups is 1. The second-order valence-electron chi connectivity index (χ2n) is 7.46. The van der Waals surface area contributed by atoms with E-state index in [1.54, 1.807) is 0 Å². The first kappa shape index (κ1) is 16.9. The van der Waals surface area contributed by atoms with Crippen molar-refractivity contribution in [3.63, 3.8) is 0 Å². The van der Waals surface area contributed by atoms with Gasteiger partial charge in [-0.2, -0.15) is 0 Å². The highest BCUT2D eigenvalue weighted by atomic mass is 32.2. The van der Waals surface area contributed by atoms with Crippen LogP contribution in [-0.2, 0) is 9.59 Å². The highest BCUT2D eigenvalue weighted by molar-refractivity contribution is 8.21. The molecule has 2 aliphatic heterocycles. The summed E-state index contributed by atoms with van der Waals surface area (Å²) in [7, 11) is 0.